The molecule has 0 spiro atoms. The summed E-state index contributed by atoms with van der Waals surface area (Å²) in [6, 6.07) is 16.1. The molecule has 31 heavy (non-hydrogen) atoms. The lowest BCUT2D eigenvalue weighted by Crippen LogP contribution is -2.35. The van der Waals surface area contributed by atoms with Gasteiger partial charge in [-0.25, -0.2) is 8.78 Å². The van der Waals surface area contributed by atoms with E-state index in [1.807, 2.05) is 0 Å². The molecule has 1 amide bonds. The summed E-state index contributed by atoms with van der Waals surface area (Å²) in [6.07, 6.45) is 0. The molecule has 0 heterocycles. The van der Waals surface area contributed by atoms with Crippen molar-refractivity contribution < 1.29 is 28.2 Å². The summed E-state index contributed by atoms with van der Waals surface area (Å²) in [5.41, 5.74) is 1.47. The number of amides is 1. The molecule has 0 fully saturated rings. The van der Waals surface area contributed by atoms with E-state index in [4.69, 9.17) is 16.3 Å². The summed E-state index contributed by atoms with van der Waals surface area (Å²) < 4.78 is 32.1. The first kappa shape index (κ1) is 22.2. The van der Waals surface area contributed by atoms with Crippen molar-refractivity contribution in [3.63, 3.8) is 0 Å². The van der Waals surface area contributed by atoms with Gasteiger partial charge in [0, 0.05) is 12.1 Å². The Morgan fingerprint density at radius 1 is 0.968 bits per heavy atom. The van der Waals surface area contributed by atoms with E-state index in [-0.39, 0.29) is 29.6 Å². The second kappa shape index (κ2) is 10.0. The van der Waals surface area contributed by atoms with Gasteiger partial charge in [-0.2, -0.15) is 0 Å². The smallest absolute Gasteiger partial charge is 0.323 e. The molecule has 0 saturated carbocycles. The van der Waals surface area contributed by atoms with Crippen LogP contribution < -0.4 is 4.74 Å². The van der Waals surface area contributed by atoms with Crippen LogP contribution in [0.2, 0.25) is 5.02 Å². The quantitative estimate of drug-likeness (QED) is 0.534. The number of carbonyl (C=O) groups is 2. The van der Waals surface area contributed by atoms with Crippen molar-refractivity contribution in [2.24, 2.45) is 0 Å². The molecule has 3 aromatic rings. The molecule has 0 radical (unpaired) electrons. The Morgan fingerprint density at radius 2 is 1.68 bits per heavy atom. The summed E-state index contributed by atoms with van der Waals surface area (Å²) >= 11 is 5.78. The molecule has 1 N–H and O–H groups in total. The number of carboxylic acids is 1. The molecule has 0 aliphatic rings. The van der Waals surface area contributed by atoms with E-state index in [9.17, 15) is 23.5 Å². The lowest BCUT2D eigenvalue weighted by molar-refractivity contribution is -0.137. The Hall–Kier alpha value is -3.45. The molecule has 0 saturated heterocycles. The van der Waals surface area contributed by atoms with Crippen molar-refractivity contribution in [2.45, 2.75) is 13.2 Å². The Balaban J connectivity index is 1.75. The molecule has 0 aromatic heterocycles. The summed E-state index contributed by atoms with van der Waals surface area (Å²) in [7, 11) is 0. The Kier molecular flexibility index (Phi) is 7.20. The van der Waals surface area contributed by atoms with Crippen LogP contribution in [0, 0.1) is 11.6 Å². The summed E-state index contributed by atoms with van der Waals surface area (Å²) in [4.78, 5) is 25.4. The third-order valence-electron chi connectivity index (χ3n) is 4.37. The van der Waals surface area contributed by atoms with Crippen LogP contribution in [-0.4, -0.2) is 28.4 Å². The lowest BCUT2D eigenvalue weighted by Gasteiger charge is -2.21. The largest absolute Gasteiger partial charge is 0.489 e. The highest BCUT2D eigenvalue weighted by Crippen LogP contribution is 2.20. The SMILES string of the molecule is O=C(O)CN(Cc1ccc(F)c(Cl)c1)C(=O)c1cccc(OCc2ccc(F)cc2)c1. The van der Waals surface area contributed by atoms with E-state index in [0.29, 0.717) is 11.3 Å². The number of hydrogen-bond acceptors (Lipinski definition) is 3. The van der Waals surface area contributed by atoms with Gasteiger partial charge in [0.25, 0.3) is 5.91 Å². The first-order valence-corrected chi connectivity index (χ1v) is 9.62. The Bertz CT molecular complexity index is 1090. The van der Waals surface area contributed by atoms with Crippen LogP contribution in [0.15, 0.2) is 66.7 Å². The molecule has 0 bridgehead atoms. The fourth-order valence-electron chi connectivity index (χ4n) is 2.87. The molecular formula is C23H18ClF2NO4. The van der Waals surface area contributed by atoms with Crippen LogP contribution in [0.25, 0.3) is 0 Å². The number of halogens is 3. The molecule has 0 aliphatic heterocycles. The lowest BCUT2D eigenvalue weighted by atomic mass is 10.1. The maximum Gasteiger partial charge on any atom is 0.323 e. The molecular weight excluding hydrogens is 428 g/mol. The average molecular weight is 446 g/mol. The average Bonchev–Trinajstić information content (AvgIpc) is 2.75. The summed E-state index contributed by atoms with van der Waals surface area (Å²) in [5, 5.41) is 9.10. The molecule has 5 nitrogen and oxygen atoms in total. The highest BCUT2D eigenvalue weighted by molar-refractivity contribution is 6.30. The molecule has 0 atom stereocenters. The highest BCUT2D eigenvalue weighted by atomic mass is 35.5. The van der Waals surface area contributed by atoms with Crippen LogP contribution in [0.4, 0.5) is 8.78 Å². The monoisotopic (exact) mass is 445 g/mol. The second-order valence-corrected chi connectivity index (χ2v) is 7.15. The van der Waals surface area contributed by atoms with Gasteiger partial charge in [-0.3, -0.25) is 9.59 Å². The van der Waals surface area contributed by atoms with Crippen LogP contribution in [-0.2, 0) is 17.9 Å². The molecule has 0 aliphatic carbocycles. The minimum absolute atomic E-state index is 0.0637. The van der Waals surface area contributed by atoms with Crippen molar-refractivity contribution in [2.75, 3.05) is 6.54 Å². The summed E-state index contributed by atoms with van der Waals surface area (Å²) in [6.45, 7) is -0.439. The third kappa shape index (κ3) is 6.26. The highest BCUT2D eigenvalue weighted by Gasteiger charge is 2.20. The van der Waals surface area contributed by atoms with Crippen molar-refractivity contribution in [1.29, 1.82) is 0 Å². The van der Waals surface area contributed by atoms with Gasteiger partial charge < -0.3 is 14.7 Å². The number of rotatable bonds is 8. The standard InChI is InChI=1S/C23H18ClF2NO4/c24-20-10-16(6-9-21(20)26)12-27(13-22(28)29)23(30)17-2-1-3-19(11-17)31-14-15-4-7-18(25)8-5-15/h1-11H,12-14H2,(H,28,29). The van der Waals surface area contributed by atoms with E-state index < -0.39 is 24.2 Å². The van der Waals surface area contributed by atoms with Crippen LogP contribution in [0.5, 0.6) is 5.75 Å². The van der Waals surface area contributed by atoms with Crippen LogP contribution in [0.1, 0.15) is 21.5 Å². The number of nitrogens with zero attached hydrogens (tertiary/aromatic N) is 1. The van der Waals surface area contributed by atoms with Crippen LogP contribution >= 0.6 is 11.6 Å². The Morgan fingerprint density at radius 3 is 2.35 bits per heavy atom. The van der Waals surface area contributed by atoms with Gasteiger partial charge in [0.15, 0.2) is 0 Å². The van der Waals surface area contributed by atoms with Gasteiger partial charge in [0.2, 0.25) is 0 Å². The fourth-order valence-corrected chi connectivity index (χ4v) is 3.07. The predicted molar refractivity (Wildman–Crippen MR) is 111 cm³/mol. The first-order valence-electron chi connectivity index (χ1n) is 9.24. The molecule has 160 valence electrons. The van der Waals surface area contributed by atoms with Gasteiger partial charge in [-0.05, 0) is 53.6 Å². The molecule has 0 unspecified atom stereocenters. The van der Waals surface area contributed by atoms with E-state index >= 15 is 0 Å². The predicted octanol–water partition coefficient (Wildman–Crippen LogP) is 4.92. The van der Waals surface area contributed by atoms with Crippen molar-refractivity contribution in [3.8, 4) is 5.75 Å². The van der Waals surface area contributed by atoms with Crippen molar-refractivity contribution in [1.82, 2.24) is 4.90 Å². The number of carboxylic acid groups (broad SMARTS) is 1. The maximum absolute atomic E-state index is 13.4. The maximum atomic E-state index is 13.4. The van der Waals surface area contributed by atoms with E-state index in [2.05, 4.69) is 0 Å². The van der Waals surface area contributed by atoms with Gasteiger partial charge in [-0.1, -0.05) is 35.9 Å². The molecule has 3 rings (SSSR count). The second-order valence-electron chi connectivity index (χ2n) is 6.75. The zero-order valence-electron chi connectivity index (χ0n) is 16.2. The van der Waals surface area contributed by atoms with Gasteiger partial charge in [0.05, 0.1) is 5.02 Å². The van der Waals surface area contributed by atoms with Crippen molar-refractivity contribution >= 4 is 23.5 Å². The summed E-state index contributed by atoms with van der Waals surface area (Å²) in [5.74, 6) is -2.28. The topological polar surface area (TPSA) is 66.8 Å². The Labute approximate surface area is 182 Å². The third-order valence-corrected chi connectivity index (χ3v) is 4.66. The fraction of sp³-hybridized carbons (Fsp3) is 0.130. The normalized spacial score (nSPS) is 10.5. The van der Waals surface area contributed by atoms with Crippen LogP contribution in [0.3, 0.4) is 0 Å². The van der Waals surface area contributed by atoms with Gasteiger partial charge >= 0.3 is 5.97 Å². The zero-order chi connectivity index (χ0) is 22.4. The number of hydrogen-bond donors (Lipinski definition) is 1. The van der Waals surface area contributed by atoms with E-state index in [1.54, 1.807) is 30.3 Å². The number of aliphatic carboxylic acids is 1. The number of carbonyl (C=O) groups excluding carboxylic acids is 1. The first-order chi connectivity index (χ1) is 14.8. The number of ether oxygens (including phenoxy) is 1. The molecule has 3 aromatic carbocycles. The minimum Gasteiger partial charge on any atom is -0.489 e. The molecule has 8 heteroatoms. The van der Waals surface area contributed by atoms with Crippen molar-refractivity contribution in [3.05, 3.63) is 100 Å². The van der Waals surface area contributed by atoms with E-state index in [1.165, 1.54) is 30.3 Å². The zero-order valence-corrected chi connectivity index (χ0v) is 17.0. The van der Waals surface area contributed by atoms with E-state index in [0.717, 1.165) is 16.5 Å². The number of benzene rings is 3. The minimum atomic E-state index is -1.19. The van der Waals surface area contributed by atoms with Gasteiger partial charge in [0.1, 0.15) is 30.5 Å². The van der Waals surface area contributed by atoms with Gasteiger partial charge in [-0.15, -0.1) is 0 Å².